The van der Waals surface area contributed by atoms with Crippen LogP contribution in [0.3, 0.4) is 0 Å². The highest BCUT2D eigenvalue weighted by Crippen LogP contribution is 2.19. The highest BCUT2D eigenvalue weighted by Gasteiger charge is 2.26. The zero-order valence-corrected chi connectivity index (χ0v) is 11.6. The van der Waals surface area contributed by atoms with Gasteiger partial charge in [-0.2, -0.15) is 8.78 Å². The third kappa shape index (κ3) is 4.90. The van der Waals surface area contributed by atoms with Gasteiger partial charge in [-0.3, -0.25) is 4.79 Å². The number of carbonyl (C=O) groups is 1. The number of nitrogens with two attached hydrogens (primary N) is 1. The number of amides is 1. The Bertz CT molecular complexity index is 504. The molecule has 4 N–H and O–H groups in total. The second kappa shape index (κ2) is 7.41. The molecule has 0 saturated heterocycles. The van der Waals surface area contributed by atoms with Crippen LogP contribution in [-0.2, 0) is 4.79 Å². The predicted molar refractivity (Wildman–Crippen MR) is 73.4 cm³/mol. The molecule has 1 unspecified atom stereocenters. The fraction of sp³-hybridized carbons (Fsp3) is 0.385. The van der Waals surface area contributed by atoms with Crippen molar-refractivity contribution in [2.75, 3.05) is 5.32 Å². The van der Waals surface area contributed by atoms with E-state index in [-0.39, 0.29) is 17.5 Å². The fourth-order valence-corrected chi connectivity index (χ4v) is 1.78. The number of benzene rings is 1. The number of nitrogens with one attached hydrogen (secondary N) is 1. The fourth-order valence-electron chi connectivity index (χ4n) is 1.78. The van der Waals surface area contributed by atoms with Crippen molar-refractivity contribution in [1.82, 2.24) is 0 Å². The zero-order valence-electron chi connectivity index (χ0n) is 11.6. The van der Waals surface area contributed by atoms with Crippen molar-refractivity contribution >= 4 is 17.4 Å². The number of amidine groups is 1. The topological polar surface area (TPSA) is 96.9 Å². The summed E-state index contributed by atoms with van der Waals surface area (Å²) < 4.78 is 28.2. The summed E-state index contributed by atoms with van der Waals surface area (Å²) in [7, 11) is 0. The van der Waals surface area contributed by atoms with Gasteiger partial charge in [-0.25, -0.2) is 0 Å². The Morgan fingerprint density at radius 3 is 2.33 bits per heavy atom. The Balaban J connectivity index is 2.77. The quantitative estimate of drug-likeness (QED) is 0.325. The first-order chi connectivity index (χ1) is 9.85. The number of halogens is 2. The van der Waals surface area contributed by atoms with Gasteiger partial charge < -0.3 is 21.0 Å². The van der Waals surface area contributed by atoms with Crippen LogP contribution in [0.1, 0.15) is 13.8 Å². The molecule has 1 aromatic rings. The van der Waals surface area contributed by atoms with Crippen LogP contribution >= 0.6 is 0 Å². The van der Waals surface area contributed by atoms with E-state index in [9.17, 15) is 13.6 Å². The molecule has 0 spiro atoms. The average molecular weight is 301 g/mol. The van der Waals surface area contributed by atoms with Gasteiger partial charge in [-0.15, -0.1) is 0 Å². The first-order valence-corrected chi connectivity index (χ1v) is 6.18. The predicted octanol–water partition coefficient (Wildman–Crippen LogP) is 2.25. The van der Waals surface area contributed by atoms with E-state index in [1.54, 1.807) is 13.8 Å². The maximum absolute atomic E-state index is 12.1. The van der Waals surface area contributed by atoms with E-state index in [4.69, 9.17) is 10.9 Å². The monoisotopic (exact) mass is 301 g/mol. The van der Waals surface area contributed by atoms with Crippen LogP contribution in [0.25, 0.3) is 0 Å². The minimum Gasteiger partial charge on any atom is -0.435 e. The number of oxime groups is 1. The van der Waals surface area contributed by atoms with Crippen LogP contribution < -0.4 is 15.8 Å². The molecule has 0 bridgehead atoms. The van der Waals surface area contributed by atoms with Crippen molar-refractivity contribution in [3.63, 3.8) is 0 Å². The van der Waals surface area contributed by atoms with Gasteiger partial charge in [0.1, 0.15) is 11.7 Å². The van der Waals surface area contributed by atoms with E-state index < -0.39 is 18.4 Å². The molecule has 0 radical (unpaired) electrons. The van der Waals surface area contributed by atoms with Gasteiger partial charge in [0.15, 0.2) is 5.84 Å². The maximum atomic E-state index is 12.1. The smallest absolute Gasteiger partial charge is 0.387 e. The molecule has 1 atom stereocenters. The van der Waals surface area contributed by atoms with Crippen molar-refractivity contribution in [2.45, 2.75) is 20.5 Å². The largest absolute Gasteiger partial charge is 0.435 e. The first-order valence-electron chi connectivity index (χ1n) is 6.18. The number of hydrogen-bond donors (Lipinski definition) is 3. The van der Waals surface area contributed by atoms with E-state index in [1.165, 1.54) is 24.3 Å². The van der Waals surface area contributed by atoms with E-state index in [0.717, 1.165) is 0 Å². The number of alkyl halides is 2. The van der Waals surface area contributed by atoms with Crippen molar-refractivity contribution in [2.24, 2.45) is 22.7 Å². The molecule has 1 amide bonds. The van der Waals surface area contributed by atoms with Gasteiger partial charge in [0.25, 0.3) is 0 Å². The van der Waals surface area contributed by atoms with E-state index in [2.05, 4.69) is 15.2 Å². The van der Waals surface area contributed by atoms with Gasteiger partial charge >= 0.3 is 6.61 Å². The van der Waals surface area contributed by atoms with Crippen molar-refractivity contribution < 1.29 is 23.5 Å². The molecular formula is C13H17F2N3O3. The summed E-state index contributed by atoms with van der Waals surface area (Å²) in [6.07, 6.45) is 0. The molecule has 0 aliphatic heterocycles. The Labute approximate surface area is 120 Å². The summed E-state index contributed by atoms with van der Waals surface area (Å²) in [6.45, 7) is 0.598. The van der Waals surface area contributed by atoms with Gasteiger partial charge in [0.2, 0.25) is 5.91 Å². The van der Waals surface area contributed by atoms with Crippen molar-refractivity contribution in [3.05, 3.63) is 24.3 Å². The van der Waals surface area contributed by atoms with Gasteiger partial charge in [0.05, 0.1) is 0 Å². The average Bonchev–Trinajstić information content (AvgIpc) is 2.39. The summed E-state index contributed by atoms with van der Waals surface area (Å²) in [6, 6.07) is 5.43. The first kappa shape index (κ1) is 16.7. The molecule has 0 aliphatic carbocycles. The number of carbonyl (C=O) groups excluding carboxylic acids is 1. The van der Waals surface area contributed by atoms with Crippen LogP contribution in [0.4, 0.5) is 14.5 Å². The highest BCUT2D eigenvalue weighted by molar-refractivity contribution is 6.07. The summed E-state index contributed by atoms with van der Waals surface area (Å²) >= 11 is 0. The molecule has 21 heavy (non-hydrogen) atoms. The van der Waals surface area contributed by atoms with Crippen LogP contribution in [0, 0.1) is 11.8 Å². The zero-order chi connectivity index (χ0) is 16.0. The van der Waals surface area contributed by atoms with Crippen molar-refractivity contribution in [3.8, 4) is 5.75 Å². The maximum Gasteiger partial charge on any atom is 0.387 e. The van der Waals surface area contributed by atoms with E-state index in [0.29, 0.717) is 5.69 Å². The number of rotatable bonds is 6. The molecule has 116 valence electrons. The number of nitrogens with zero attached hydrogens (tertiary/aromatic N) is 1. The molecular weight excluding hydrogens is 284 g/mol. The summed E-state index contributed by atoms with van der Waals surface area (Å²) in [5.41, 5.74) is 5.87. The standard InChI is InChI=1S/C13H17F2N3O3/c1-7(2)10(11(16)18-20)12(19)17-8-3-5-9(6-4-8)21-13(14)15/h3-7,10,13,20H,1-2H3,(H2,16,18)(H,17,19). The van der Waals surface area contributed by atoms with Crippen LogP contribution in [-0.4, -0.2) is 23.6 Å². The second-order valence-corrected chi connectivity index (χ2v) is 4.64. The van der Waals surface area contributed by atoms with E-state index >= 15 is 0 Å². The van der Waals surface area contributed by atoms with E-state index in [1.807, 2.05) is 0 Å². The lowest BCUT2D eigenvalue weighted by atomic mass is 9.94. The molecule has 0 saturated carbocycles. The van der Waals surface area contributed by atoms with Crippen LogP contribution in [0.2, 0.25) is 0 Å². The molecule has 8 heteroatoms. The minimum absolute atomic E-state index is 0.0140. The Morgan fingerprint density at radius 2 is 1.90 bits per heavy atom. The highest BCUT2D eigenvalue weighted by atomic mass is 19.3. The Hall–Kier alpha value is -2.38. The molecule has 0 aliphatic rings. The lowest BCUT2D eigenvalue weighted by Crippen LogP contribution is -2.38. The Morgan fingerprint density at radius 1 is 1.33 bits per heavy atom. The van der Waals surface area contributed by atoms with Crippen LogP contribution in [0.5, 0.6) is 5.75 Å². The molecule has 1 aromatic carbocycles. The molecule has 1 rings (SSSR count). The summed E-state index contributed by atoms with van der Waals surface area (Å²) in [4.78, 5) is 12.1. The molecule has 0 fully saturated rings. The van der Waals surface area contributed by atoms with Crippen LogP contribution in [0.15, 0.2) is 29.4 Å². The number of anilines is 1. The van der Waals surface area contributed by atoms with Gasteiger partial charge in [0, 0.05) is 5.69 Å². The third-order valence-electron chi connectivity index (χ3n) is 2.73. The minimum atomic E-state index is -2.91. The lowest BCUT2D eigenvalue weighted by Gasteiger charge is -2.18. The number of ether oxygens (including phenoxy) is 1. The van der Waals surface area contributed by atoms with Gasteiger partial charge in [-0.1, -0.05) is 19.0 Å². The second-order valence-electron chi connectivity index (χ2n) is 4.64. The van der Waals surface area contributed by atoms with Crippen molar-refractivity contribution in [1.29, 1.82) is 0 Å². The molecule has 0 aromatic heterocycles. The number of hydrogen-bond acceptors (Lipinski definition) is 4. The Kier molecular flexibility index (Phi) is 5.89. The molecule has 0 heterocycles. The normalized spacial score (nSPS) is 13.3. The third-order valence-corrected chi connectivity index (χ3v) is 2.73. The summed E-state index contributed by atoms with van der Waals surface area (Å²) in [5, 5.41) is 14.1. The van der Waals surface area contributed by atoms with Gasteiger partial charge in [-0.05, 0) is 30.2 Å². The lowest BCUT2D eigenvalue weighted by molar-refractivity contribution is -0.119. The summed E-state index contributed by atoms with van der Waals surface area (Å²) in [5.74, 6) is -1.64. The SMILES string of the molecule is CC(C)C(C(=O)Nc1ccc(OC(F)F)cc1)C(N)=NO. The molecule has 6 nitrogen and oxygen atoms in total.